The van der Waals surface area contributed by atoms with Gasteiger partial charge in [0.1, 0.15) is 5.75 Å². The number of amides is 2. The zero-order valence-corrected chi connectivity index (χ0v) is 17.0. The minimum absolute atomic E-state index is 0. The third-order valence-corrected chi connectivity index (χ3v) is 5.11. The van der Waals surface area contributed by atoms with E-state index in [1.165, 1.54) is 0 Å². The van der Waals surface area contributed by atoms with Crippen LogP contribution < -0.4 is 20.7 Å². The van der Waals surface area contributed by atoms with E-state index in [1.807, 2.05) is 42.1 Å². The second kappa shape index (κ2) is 11.6. The van der Waals surface area contributed by atoms with Crippen molar-refractivity contribution in [2.75, 3.05) is 35.3 Å². The summed E-state index contributed by atoms with van der Waals surface area (Å²) in [6.45, 7) is 0.840. The molecule has 1 unspecified atom stereocenters. The number of rotatable bonds is 7. The predicted octanol–water partition coefficient (Wildman–Crippen LogP) is 3.16. The molecule has 2 aromatic rings. The van der Waals surface area contributed by atoms with E-state index in [2.05, 4.69) is 16.0 Å². The van der Waals surface area contributed by atoms with Crippen molar-refractivity contribution >= 4 is 47.4 Å². The average Bonchev–Trinajstić information content (AvgIpc) is 2.68. The Balaban J connectivity index is 0.00000280. The first kappa shape index (κ1) is 22.1. The Morgan fingerprint density at radius 3 is 2.54 bits per heavy atom. The third kappa shape index (κ3) is 7.42. The van der Waals surface area contributed by atoms with Crippen molar-refractivity contribution in [1.82, 2.24) is 5.32 Å². The standard InChI is InChI=1S/C20H23N3O3S.ClH/c24-19(12-17-14-27-10-9-21-17)23-16-7-4-8-18(11-16)26-13-20(25)22-15-5-2-1-3-6-15;/h1-8,11,17,21H,9-10,12-14H2,(H,22,25)(H,23,24);1H. The summed E-state index contributed by atoms with van der Waals surface area (Å²) < 4.78 is 5.53. The maximum atomic E-state index is 12.2. The number of anilines is 2. The van der Waals surface area contributed by atoms with E-state index in [0.717, 1.165) is 23.7 Å². The molecule has 0 saturated carbocycles. The van der Waals surface area contributed by atoms with Crippen LogP contribution in [0.3, 0.4) is 0 Å². The molecular formula is C20H24ClN3O3S. The van der Waals surface area contributed by atoms with Crippen molar-refractivity contribution < 1.29 is 14.3 Å². The number of benzene rings is 2. The molecule has 0 spiro atoms. The number of ether oxygens (including phenoxy) is 1. The van der Waals surface area contributed by atoms with E-state index < -0.39 is 0 Å². The summed E-state index contributed by atoms with van der Waals surface area (Å²) in [4.78, 5) is 24.2. The van der Waals surface area contributed by atoms with E-state index in [9.17, 15) is 9.59 Å². The number of nitrogens with one attached hydrogen (secondary N) is 3. The molecule has 8 heteroatoms. The summed E-state index contributed by atoms with van der Waals surface area (Å²) >= 11 is 1.86. The lowest BCUT2D eigenvalue weighted by atomic mass is 10.2. The summed E-state index contributed by atoms with van der Waals surface area (Å²) in [5.74, 6) is 2.30. The third-order valence-electron chi connectivity index (χ3n) is 3.98. The first-order valence-corrected chi connectivity index (χ1v) is 10.0. The summed E-state index contributed by atoms with van der Waals surface area (Å²) in [6.07, 6.45) is 0.442. The van der Waals surface area contributed by atoms with Crippen LogP contribution in [0, 0.1) is 0 Å². The van der Waals surface area contributed by atoms with Crippen LogP contribution in [-0.4, -0.2) is 42.5 Å². The number of carbonyl (C=O) groups excluding carboxylic acids is 2. The van der Waals surface area contributed by atoms with Gasteiger partial charge in [-0.25, -0.2) is 0 Å². The van der Waals surface area contributed by atoms with E-state index in [0.29, 0.717) is 17.9 Å². The van der Waals surface area contributed by atoms with Crippen LogP contribution in [0.25, 0.3) is 0 Å². The smallest absolute Gasteiger partial charge is 0.262 e. The Morgan fingerprint density at radius 1 is 1.04 bits per heavy atom. The molecule has 0 radical (unpaired) electrons. The van der Waals surface area contributed by atoms with Crippen LogP contribution in [0.4, 0.5) is 11.4 Å². The fourth-order valence-electron chi connectivity index (χ4n) is 2.72. The lowest BCUT2D eigenvalue weighted by Gasteiger charge is -2.22. The Labute approximate surface area is 175 Å². The SMILES string of the molecule is Cl.O=C(COc1cccc(NC(=O)CC2CSCCN2)c1)Nc1ccccc1. The van der Waals surface area contributed by atoms with Gasteiger partial charge in [-0.05, 0) is 24.3 Å². The number of halogens is 1. The largest absolute Gasteiger partial charge is 0.484 e. The van der Waals surface area contributed by atoms with Crippen LogP contribution in [0.2, 0.25) is 0 Å². The van der Waals surface area contributed by atoms with Gasteiger partial charge in [-0.2, -0.15) is 11.8 Å². The van der Waals surface area contributed by atoms with E-state index >= 15 is 0 Å². The van der Waals surface area contributed by atoms with Gasteiger partial charge < -0.3 is 20.7 Å². The number of hydrogen-bond acceptors (Lipinski definition) is 5. The van der Waals surface area contributed by atoms with E-state index in [4.69, 9.17) is 4.74 Å². The summed E-state index contributed by atoms with van der Waals surface area (Å²) in [5, 5.41) is 9.00. The van der Waals surface area contributed by atoms with Gasteiger partial charge in [-0.15, -0.1) is 12.4 Å². The van der Waals surface area contributed by atoms with Crippen LogP contribution in [-0.2, 0) is 9.59 Å². The molecule has 3 N–H and O–H groups in total. The number of para-hydroxylation sites is 1. The van der Waals surface area contributed by atoms with Crippen molar-refractivity contribution in [3.8, 4) is 5.75 Å². The van der Waals surface area contributed by atoms with Crippen molar-refractivity contribution in [2.45, 2.75) is 12.5 Å². The predicted molar refractivity (Wildman–Crippen MR) is 117 cm³/mol. The van der Waals surface area contributed by atoms with Gasteiger partial charge in [-0.1, -0.05) is 24.3 Å². The minimum atomic E-state index is -0.239. The maximum absolute atomic E-state index is 12.2. The lowest BCUT2D eigenvalue weighted by Crippen LogP contribution is -2.39. The molecule has 28 heavy (non-hydrogen) atoms. The van der Waals surface area contributed by atoms with Crippen molar-refractivity contribution in [1.29, 1.82) is 0 Å². The first-order valence-electron chi connectivity index (χ1n) is 8.88. The fourth-order valence-corrected chi connectivity index (χ4v) is 3.67. The van der Waals surface area contributed by atoms with E-state index in [-0.39, 0.29) is 36.9 Å². The van der Waals surface area contributed by atoms with Gasteiger partial charge in [0, 0.05) is 48.0 Å². The monoisotopic (exact) mass is 421 g/mol. The molecule has 3 rings (SSSR count). The second-order valence-corrected chi connectivity index (χ2v) is 7.36. The average molecular weight is 422 g/mol. The van der Waals surface area contributed by atoms with Gasteiger partial charge in [0.15, 0.2) is 6.61 Å². The molecule has 1 saturated heterocycles. The van der Waals surface area contributed by atoms with Gasteiger partial charge in [0.2, 0.25) is 5.91 Å². The van der Waals surface area contributed by atoms with Crippen LogP contribution in [0.15, 0.2) is 54.6 Å². The molecule has 0 bridgehead atoms. The van der Waals surface area contributed by atoms with Crippen LogP contribution in [0.5, 0.6) is 5.75 Å². The lowest BCUT2D eigenvalue weighted by molar-refractivity contribution is -0.118. The zero-order chi connectivity index (χ0) is 18.9. The van der Waals surface area contributed by atoms with Gasteiger partial charge in [0.05, 0.1) is 0 Å². The normalized spacial score (nSPS) is 15.8. The highest BCUT2D eigenvalue weighted by molar-refractivity contribution is 7.99. The van der Waals surface area contributed by atoms with E-state index in [1.54, 1.807) is 24.3 Å². The Bertz CT molecular complexity index is 770. The molecular weight excluding hydrogens is 398 g/mol. The Kier molecular flexibility index (Phi) is 9.13. The highest BCUT2D eigenvalue weighted by Gasteiger charge is 2.16. The molecule has 1 atom stereocenters. The summed E-state index contributed by atoms with van der Waals surface area (Å²) in [6, 6.07) is 16.5. The first-order chi connectivity index (χ1) is 13.2. The Hall–Kier alpha value is -2.22. The Morgan fingerprint density at radius 2 is 1.79 bits per heavy atom. The molecule has 6 nitrogen and oxygen atoms in total. The summed E-state index contributed by atoms with van der Waals surface area (Å²) in [7, 11) is 0. The van der Waals surface area contributed by atoms with Crippen molar-refractivity contribution in [3.63, 3.8) is 0 Å². The zero-order valence-electron chi connectivity index (χ0n) is 15.4. The molecule has 1 fully saturated rings. The van der Waals surface area contributed by atoms with Gasteiger partial charge in [0.25, 0.3) is 5.91 Å². The maximum Gasteiger partial charge on any atom is 0.262 e. The van der Waals surface area contributed by atoms with Gasteiger partial charge in [-0.3, -0.25) is 9.59 Å². The van der Waals surface area contributed by atoms with Crippen molar-refractivity contribution in [2.24, 2.45) is 0 Å². The highest BCUT2D eigenvalue weighted by atomic mass is 35.5. The molecule has 2 amide bonds. The van der Waals surface area contributed by atoms with Crippen molar-refractivity contribution in [3.05, 3.63) is 54.6 Å². The number of carbonyl (C=O) groups is 2. The van der Waals surface area contributed by atoms with Crippen LogP contribution in [0.1, 0.15) is 6.42 Å². The molecule has 2 aromatic carbocycles. The second-order valence-electron chi connectivity index (χ2n) is 6.21. The molecule has 0 aliphatic carbocycles. The quantitative estimate of drug-likeness (QED) is 0.640. The van der Waals surface area contributed by atoms with Gasteiger partial charge >= 0.3 is 0 Å². The molecule has 0 aromatic heterocycles. The molecule has 150 valence electrons. The highest BCUT2D eigenvalue weighted by Crippen LogP contribution is 2.18. The van der Waals surface area contributed by atoms with Crippen LogP contribution >= 0.6 is 24.2 Å². The fraction of sp³-hybridized carbons (Fsp3) is 0.300. The summed E-state index contributed by atoms with van der Waals surface area (Å²) in [5.41, 5.74) is 1.38. The number of thioether (sulfide) groups is 1. The molecule has 1 heterocycles. The minimum Gasteiger partial charge on any atom is -0.484 e. The molecule has 1 aliphatic heterocycles. The topological polar surface area (TPSA) is 79.5 Å². The number of hydrogen-bond donors (Lipinski definition) is 3. The molecule has 1 aliphatic rings.